The first-order valence-corrected chi connectivity index (χ1v) is 13.0. The summed E-state index contributed by atoms with van der Waals surface area (Å²) in [5.74, 6) is 0.990. The van der Waals surface area contributed by atoms with Gasteiger partial charge in [0.1, 0.15) is 29.1 Å². The number of aryl methyl sites for hydroxylation is 2. The highest BCUT2D eigenvalue weighted by molar-refractivity contribution is 7.91. The number of sulfone groups is 1. The van der Waals surface area contributed by atoms with Crippen molar-refractivity contribution in [3.63, 3.8) is 0 Å². The molecule has 3 atom stereocenters. The Balaban J connectivity index is 1.72. The monoisotopic (exact) mass is 516 g/mol. The second-order valence-electron chi connectivity index (χ2n) is 8.39. The van der Waals surface area contributed by atoms with Crippen molar-refractivity contribution in [2.75, 3.05) is 0 Å². The van der Waals surface area contributed by atoms with Crippen LogP contribution in [0.5, 0.6) is 0 Å². The van der Waals surface area contributed by atoms with Crippen LogP contribution in [0.15, 0.2) is 35.1 Å². The van der Waals surface area contributed by atoms with Crippen LogP contribution >= 0.6 is 11.6 Å². The Labute approximate surface area is 207 Å². The summed E-state index contributed by atoms with van der Waals surface area (Å²) in [7, 11) is -3.70. The molecule has 0 saturated carbocycles. The SMILES string of the molecule is Cc1cccc(-c2nnc(CS(=O)(=O)[C@@H](C)[C@H](C)c3ncc(Cl)cn3)n2[C@H](C)c2nc(C)no2)n1. The van der Waals surface area contributed by atoms with Crippen molar-refractivity contribution in [1.82, 2.24) is 39.9 Å². The van der Waals surface area contributed by atoms with Crippen molar-refractivity contribution < 1.29 is 12.9 Å². The molecule has 0 amide bonds. The minimum atomic E-state index is -3.70. The molecule has 0 aliphatic carbocycles. The summed E-state index contributed by atoms with van der Waals surface area (Å²) in [4.78, 5) is 17.2. The lowest BCUT2D eigenvalue weighted by Crippen LogP contribution is -2.28. The maximum absolute atomic E-state index is 13.5. The summed E-state index contributed by atoms with van der Waals surface area (Å²) in [6.45, 7) is 8.79. The van der Waals surface area contributed by atoms with E-state index in [-0.39, 0.29) is 11.6 Å². The van der Waals surface area contributed by atoms with E-state index in [0.29, 0.717) is 34.1 Å². The largest absolute Gasteiger partial charge is 0.337 e. The number of hydrogen-bond donors (Lipinski definition) is 0. The van der Waals surface area contributed by atoms with Crippen LogP contribution in [0.1, 0.15) is 61.8 Å². The van der Waals surface area contributed by atoms with Gasteiger partial charge in [-0.3, -0.25) is 4.57 Å². The molecule has 11 nitrogen and oxygen atoms in total. The zero-order chi connectivity index (χ0) is 25.3. The third-order valence-electron chi connectivity index (χ3n) is 5.82. The fourth-order valence-corrected chi connectivity index (χ4v) is 5.32. The normalized spacial score (nSPS) is 14.6. The Kier molecular flexibility index (Phi) is 6.95. The van der Waals surface area contributed by atoms with Crippen LogP contribution in [0.2, 0.25) is 5.02 Å². The zero-order valence-corrected chi connectivity index (χ0v) is 21.5. The van der Waals surface area contributed by atoms with Gasteiger partial charge in [-0.2, -0.15) is 4.98 Å². The van der Waals surface area contributed by atoms with Crippen molar-refractivity contribution in [2.24, 2.45) is 0 Å². The Morgan fingerprint density at radius 2 is 1.77 bits per heavy atom. The molecule has 184 valence electrons. The second-order valence-corrected chi connectivity index (χ2v) is 11.2. The molecule has 0 spiro atoms. The maximum Gasteiger partial charge on any atom is 0.249 e. The highest BCUT2D eigenvalue weighted by Gasteiger charge is 2.33. The lowest BCUT2D eigenvalue weighted by molar-refractivity contribution is 0.341. The van der Waals surface area contributed by atoms with Gasteiger partial charge < -0.3 is 4.52 Å². The summed E-state index contributed by atoms with van der Waals surface area (Å²) in [5.41, 5.74) is 1.35. The van der Waals surface area contributed by atoms with E-state index >= 15 is 0 Å². The molecule has 0 unspecified atom stereocenters. The zero-order valence-electron chi connectivity index (χ0n) is 19.9. The second kappa shape index (κ2) is 9.78. The van der Waals surface area contributed by atoms with Crippen molar-refractivity contribution in [3.05, 3.63) is 64.7 Å². The molecule has 13 heteroatoms. The summed E-state index contributed by atoms with van der Waals surface area (Å²) in [6.07, 6.45) is 2.90. The minimum absolute atomic E-state index is 0.239. The number of nitrogens with zero attached hydrogens (tertiary/aromatic N) is 8. The van der Waals surface area contributed by atoms with Crippen molar-refractivity contribution in [3.8, 4) is 11.5 Å². The van der Waals surface area contributed by atoms with Gasteiger partial charge in [0.25, 0.3) is 0 Å². The molecule has 0 fully saturated rings. The van der Waals surface area contributed by atoms with Gasteiger partial charge in [0.2, 0.25) is 5.89 Å². The van der Waals surface area contributed by atoms with Crippen LogP contribution in [-0.4, -0.2) is 53.5 Å². The first-order chi connectivity index (χ1) is 16.6. The first kappa shape index (κ1) is 24.9. The number of hydrogen-bond acceptors (Lipinski definition) is 10. The highest BCUT2D eigenvalue weighted by Crippen LogP contribution is 2.29. The Morgan fingerprint density at radius 3 is 2.40 bits per heavy atom. The average molecular weight is 517 g/mol. The molecule has 0 radical (unpaired) electrons. The number of pyridine rings is 1. The van der Waals surface area contributed by atoms with E-state index in [1.165, 1.54) is 12.4 Å². The average Bonchev–Trinajstić information content (AvgIpc) is 3.44. The van der Waals surface area contributed by atoms with Crippen LogP contribution in [-0.2, 0) is 15.6 Å². The number of rotatable bonds is 8. The summed E-state index contributed by atoms with van der Waals surface area (Å²) in [5, 5.41) is 12.0. The van der Waals surface area contributed by atoms with E-state index in [2.05, 4.69) is 35.3 Å². The third kappa shape index (κ3) is 5.22. The van der Waals surface area contributed by atoms with Crippen LogP contribution < -0.4 is 0 Å². The predicted octanol–water partition coefficient (Wildman–Crippen LogP) is 3.50. The lowest BCUT2D eigenvalue weighted by atomic mass is 10.1. The fourth-order valence-electron chi connectivity index (χ4n) is 3.65. The molecule has 4 rings (SSSR count). The van der Waals surface area contributed by atoms with Crippen LogP contribution in [0.4, 0.5) is 0 Å². The third-order valence-corrected chi connectivity index (χ3v) is 8.22. The Hall–Kier alpha value is -3.25. The number of aromatic nitrogens is 8. The first-order valence-electron chi connectivity index (χ1n) is 10.9. The van der Waals surface area contributed by atoms with Gasteiger partial charge in [0, 0.05) is 24.0 Å². The van der Waals surface area contributed by atoms with Gasteiger partial charge in [0.05, 0.1) is 10.3 Å². The molecule has 35 heavy (non-hydrogen) atoms. The Morgan fingerprint density at radius 1 is 1.06 bits per heavy atom. The fraction of sp³-hybridized carbons (Fsp3) is 0.409. The van der Waals surface area contributed by atoms with Gasteiger partial charge >= 0.3 is 0 Å². The molecular weight excluding hydrogens is 492 g/mol. The van der Waals surface area contributed by atoms with Gasteiger partial charge in [0.15, 0.2) is 21.5 Å². The van der Waals surface area contributed by atoms with Gasteiger partial charge in [-0.15, -0.1) is 10.2 Å². The lowest BCUT2D eigenvalue weighted by Gasteiger charge is -2.20. The number of halogens is 1. The molecule has 0 aliphatic heterocycles. The van der Waals surface area contributed by atoms with Crippen molar-refractivity contribution in [1.29, 1.82) is 0 Å². The van der Waals surface area contributed by atoms with Crippen LogP contribution in [0.3, 0.4) is 0 Å². The molecule has 0 aromatic carbocycles. The molecular formula is C22H25ClN8O3S. The summed E-state index contributed by atoms with van der Waals surface area (Å²) in [6, 6.07) is 4.98. The Bertz CT molecular complexity index is 1440. The summed E-state index contributed by atoms with van der Waals surface area (Å²) < 4.78 is 34.0. The highest BCUT2D eigenvalue weighted by atomic mass is 35.5. The van der Waals surface area contributed by atoms with E-state index in [1.54, 1.807) is 31.4 Å². The summed E-state index contributed by atoms with van der Waals surface area (Å²) >= 11 is 5.87. The van der Waals surface area contributed by atoms with Crippen LogP contribution in [0, 0.1) is 13.8 Å². The quantitative estimate of drug-likeness (QED) is 0.341. The smallest absolute Gasteiger partial charge is 0.249 e. The molecule has 0 saturated heterocycles. The molecule has 4 aromatic rings. The van der Waals surface area contributed by atoms with Gasteiger partial charge in [-0.05, 0) is 39.8 Å². The minimum Gasteiger partial charge on any atom is -0.337 e. The van der Waals surface area contributed by atoms with Crippen molar-refractivity contribution in [2.45, 2.75) is 57.6 Å². The molecule has 4 heterocycles. The van der Waals surface area contributed by atoms with Gasteiger partial charge in [-0.1, -0.05) is 29.7 Å². The van der Waals surface area contributed by atoms with E-state index in [4.69, 9.17) is 16.1 Å². The predicted molar refractivity (Wildman–Crippen MR) is 128 cm³/mol. The standard InChI is InChI=1S/C22H25ClN8O3S/c1-12-7-6-8-18(26-12)21-29-28-19(31(21)14(3)22-27-16(5)30-34-22)11-35(32,33)15(4)13(2)20-24-9-17(23)10-25-20/h6-10,13-15H,11H2,1-5H3/t13-,14+,15-/m0/s1. The van der Waals surface area contributed by atoms with Crippen LogP contribution in [0.25, 0.3) is 11.5 Å². The maximum atomic E-state index is 13.5. The van der Waals surface area contributed by atoms with Gasteiger partial charge in [-0.25, -0.2) is 23.4 Å². The van der Waals surface area contributed by atoms with Crippen molar-refractivity contribution >= 4 is 21.4 Å². The van der Waals surface area contributed by atoms with E-state index < -0.39 is 27.0 Å². The topological polar surface area (TPSA) is 142 Å². The molecule has 4 aromatic heterocycles. The molecule has 0 aliphatic rings. The van der Waals surface area contributed by atoms with E-state index in [0.717, 1.165) is 5.69 Å². The molecule has 0 bridgehead atoms. The molecule has 0 N–H and O–H groups in total. The van der Waals surface area contributed by atoms with E-state index in [1.807, 2.05) is 26.0 Å². The van der Waals surface area contributed by atoms with E-state index in [9.17, 15) is 8.42 Å².